The standard InChI is InChI=1S/C37H29ClN10O22S7/c38-35-42-36(40-18-4-7-20(8-5-18)71(50,51)13-12-70-77(67,68)69)44-37(43-35)41-19-6-11-26(73(55,56)57)24(16-19)46-48-32-28(75(61,62)63)15-17-14-27(74(58,59)60)31(30(39)29(17)33(32)49)47-45-23-10-9-21-22(34(23)76(64,65)66)2-1-3-25(21)72(52,53)54/h1-11,14-16,49H,12-13,39H2,(H,52,53,54)(H,55,56,57)(H,58,59,60)(H,61,62,63)(H,64,65,66)(H,67,68,69)(H2,40,41,42,43,44)/b47-45+,48-46+. The second-order valence-electron chi connectivity index (χ2n) is 15.1. The Morgan fingerprint density at radius 1 is 0.545 bits per heavy atom. The number of fused-ring (bicyclic) bond motifs is 2. The lowest BCUT2D eigenvalue weighted by molar-refractivity contribution is 0.283. The number of nitrogens with zero attached hydrogens (tertiary/aromatic N) is 7. The Balaban J connectivity index is 1.29. The Labute approximate surface area is 438 Å². The van der Waals surface area contributed by atoms with Crippen LogP contribution in [0.2, 0.25) is 5.28 Å². The molecule has 0 bridgehead atoms. The minimum Gasteiger partial charge on any atom is -0.505 e. The molecule has 1 aromatic heterocycles. The number of nitrogen functional groups attached to an aromatic ring is 1. The fourth-order valence-electron chi connectivity index (χ4n) is 6.90. The van der Waals surface area contributed by atoms with E-state index in [1.165, 1.54) is 12.1 Å². The van der Waals surface area contributed by atoms with Gasteiger partial charge in [0.25, 0.3) is 50.6 Å². The molecule has 6 aromatic carbocycles. The SMILES string of the molecule is Nc1c(/N=N/c2ccc3c(S(=O)(=O)O)cccc3c2S(=O)(=O)O)c(S(=O)(=O)O)cc2cc(S(=O)(=O)O)c(/N=N/c3cc(Nc4nc(Cl)nc(Nc5ccc(S(=O)(=O)CCOS(=O)(=O)O)cc5)n4)ccc3S(=O)(=O)O)c(O)c12. The van der Waals surface area contributed by atoms with Gasteiger partial charge in [0.15, 0.2) is 15.6 Å². The van der Waals surface area contributed by atoms with Crippen LogP contribution in [-0.4, -0.2) is 119 Å². The van der Waals surface area contributed by atoms with Gasteiger partial charge in [-0.25, -0.2) is 12.6 Å². The first-order valence-electron chi connectivity index (χ1n) is 19.9. The van der Waals surface area contributed by atoms with Crippen molar-refractivity contribution < 1.29 is 95.5 Å². The maximum absolute atomic E-state index is 12.8. The molecule has 7 rings (SSSR count). The highest BCUT2D eigenvalue weighted by molar-refractivity contribution is 7.91. The summed E-state index contributed by atoms with van der Waals surface area (Å²) >= 11 is 6.10. The molecule has 0 amide bonds. The van der Waals surface area contributed by atoms with Crippen LogP contribution >= 0.6 is 11.6 Å². The Morgan fingerprint density at radius 3 is 1.64 bits per heavy atom. The van der Waals surface area contributed by atoms with Crippen molar-refractivity contribution in [2.24, 2.45) is 20.5 Å². The van der Waals surface area contributed by atoms with Crippen LogP contribution in [0.25, 0.3) is 21.5 Å². The second kappa shape index (κ2) is 20.7. The number of azo groups is 2. The van der Waals surface area contributed by atoms with Crippen LogP contribution in [0.15, 0.2) is 135 Å². The molecule has 0 aliphatic heterocycles. The molecule has 0 saturated carbocycles. The number of nitrogens with two attached hydrogens (primary N) is 1. The van der Waals surface area contributed by atoms with Crippen LogP contribution in [0.5, 0.6) is 5.75 Å². The van der Waals surface area contributed by atoms with E-state index in [0.717, 1.165) is 60.7 Å². The molecule has 0 aliphatic rings. The molecule has 32 nitrogen and oxygen atoms in total. The van der Waals surface area contributed by atoms with Crippen LogP contribution in [0.4, 0.5) is 51.7 Å². The van der Waals surface area contributed by atoms with E-state index in [-0.39, 0.29) is 28.2 Å². The summed E-state index contributed by atoms with van der Waals surface area (Å²) in [7, 11) is -35.8. The number of phenols is 1. The number of rotatable bonds is 18. The van der Waals surface area contributed by atoms with Crippen LogP contribution in [-0.2, 0) is 75.0 Å². The number of phenolic OH excluding ortho intramolecular Hbond substituents is 1. The van der Waals surface area contributed by atoms with Crippen molar-refractivity contribution in [3.05, 3.63) is 90.2 Å². The summed E-state index contributed by atoms with van der Waals surface area (Å²) in [5.41, 5.74) is 1.12. The van der Waals surface area contributed by atoms with Gasteiger partial charge in [0.1, 0.15) is 47.2 Å². The number of benzene rings is 6. The summed E-state index contributed by atoms with van der Waals surface area (Å²) in [4.78, 5) is 5.94. The lowest BCUT2D eigenvalue weighted by Crippen LogP contribution is -2.15. The molecule has 7 aromatic rings. The molecule has 0 radical (unpaired) electrons. The molecule has 77 heavy (non-hydrogen) atoms. The van der Waals surface area contributed by atoms with Gasteiger partial charge in [-0.1, -0.05) is 18.2 Å². The number of anilines is 5. The summed E-state index contributed by atoms with van der Waals surface area (Å²) in [5.74, 6) is -2.89. The van der Waals surface area contributed by atoms with Crippen molar-refractivity contribution in [1.82, 2.24) is 15.0 Å². The van der Waals surface area contributed by atoms with Gasteiger partial charge in [-0.2, -0.15) is 65.5 Å². The fourth-order valence-corrected chi connectivity index (χ4v) is 12.0. The topological polar surface area (TPSA) is 528 Å². The molecule has 11 N–H and O–H groups in total. The molecule has 1 heterocycles. The molecule has 0 spiro atoms. The van der Waals surface area contributed by atoms with Gasteiger partial charge in [0, 0.05) is 22.1 Å². The summed E-state index contributed by atoms with van der Waals surface area (Å²) in [6.07, 6.45) is 0. The van der Waals surface area contributed by atoms with Gasteiger partial charge in [-0.3, -0.25) is 27.3 Å². The average Bonchev–Trinajstić information content (AvgIpc) is 3.28. The number of aromatic hydroxyl groups is 1. The molecule has 408 valence electrons. The van der Waals surface area contributed by atoms with E-state index in [1.54, 1.807) is 0 Å². The first-order valence-corrected chi connectivity index (χ1v) is 30.4. The van der Waals surface area contributed by atoms with Crippen LogP contribution in [0, 0.1) is 0 Å². The largest absolute Gasteiger partial charge is 0.505 e. The second-order valence-corrected chi connectivity index (χ2v) is 25.6. The zero-order chi connectivity index (χ0) is 57.0. The van der Waals surface area contributed by atoms with Crippen molar-refractivity contribution in [2.45, 2.75) is 29.4 Å². The van der Waals surface area contributed by atoms with Crippen molar-refractivity contribution in [1.29, 1.82) is 0 Å². The number of sulfone groups is 1. The maximum atomic E-state index is 12.8. The Kier molecular flexibility index (Phi) is 15.5. The summed E-state index contributed by atoms with van der Waals surface area (Å²) in [6, 6.07) is 12.8. The van der Waals surface area contributed by atoms with Gasteiger partial charge in [-0.05, 0) is 83.7 Å². The Hall–Kier alpha value is -7.09. The lowest BCUT2D eigenvalue weighted by atomic mass is 10.1. The molecule has 0 fully saturated rings. The highest BCUT2D eigenvalue weighted by atomic mass is 35.5. The van der Waals surface area contributed by atoms with Crippen molar-refractivity contribution >= 4 is 156 Å². The van der Waals surface area contributed by atoms with Crippen molar-refractivity contribution in [3.8, 4) is 5.75 Å². The minimum atomic E-state index is -5.57. The Bertz CT molecular complexity index is 4540. The smallest absolute Gasteiger partial charge is 0.397 e. The zero-order valence-corrected chi connectivity index (χ0v) is 43.7. The predicted octanol–water partition coefficient (Wildman–Crippen LogP) is 5.26. The maximum Gasteiger partial charge on any atom is 0.397 e. The quantitative estimate of drug-likeness (QED) is 0.0297. The summed E-state index contributed by atoms with van der Waals surface area (Å²) in [5, 5.41) is 28.5. The molecule has 0 saturated heterocycles. The van der Waals surface area contributed by atoms with E-state index < -0.39 is 169 Å². The summed E-state index contributed by atoms with van der Waals surface area (Å²) in [6.45, 7) is -0.884. The highest BCUT2D eigenvalue weighted by Gasteiger charge is 2.30. The molecule has 0 aliphatic carbocycles. The van der Waals surface area contributed by atoms with E-state index in [0.29, 0.717) is 12.1 Å². The fraction of sp³-hybridized carbons (Fsp3) is 0.0541. The average molecular weight is 1230 g/mol. The normalized spacial score (nSPS) is 13.2. The zero-order valence-electron chi connectivity index (χ0n) is 37.2. The molecular formula is C37H29ClN10O22S7. The van der Waals surface area contributed by atoms with Crippen LogP contribution < -0.4 is 16.4 Å². The number of hydrogen-bond acceptors (Lipinski definition) is 26. The van der Waals surface area contributed by atoms with Gasteiger partial charge >= 0.3 is 10.4 Å². The van der Waals surface area contributed by atoms with Gasteiger partial charge in [0.2, 0.25) is 17.2 Å². The minimum absolute atomic E-state index is 0.158. The van der Waals surface area contributed by atoms with E-state index in [4.69, 9.17) is 21.9 Å². The monoisotopic (exact) mass is 1220 g/mol. The van der Waals surface area contributed by atoms with Crippen molar-refractivity contribution in [3.63, 3.8) is 0 Å². The van der Waals surface area contributed by atoms with E-state index >= 15 is 0 Å². The first-order chi connectivity index (χ1) is 35.4. The van der Waals surface area contributed by atoms with Crippen LogP contribution in [0.3, 0.4) is 0 Å². The van der Waals surface area contributed by atoms with E-state index in [9.17, 15) is 86.8 Å². The predicted molar refractivity (Wildman–Crippen MR) is 265 cm³/mol. The third-order valence-electron chi connectivity index (χ3n) is 10.0. The molecular weight excluding hydrogens is 1200 g/mol. The third kappa shape index (κ3) is 13.2. The molecule has 40 heteroatoms. The van der Waals surface area contributed by atoms with E-state index in [2.05, 4.69) is 50.2 Å². The lowest BCUT2D eigenvalue weighted by Gasteiger charge is -2.14. The van der Waals surface area contributed by atoms with Crippen LogP contribution in [0.1, 0.15) is 0 Å². The number of aromatic nitrogens is 3. The van der Waals surface area contributed by atoms with Gasteiger partial charge in [0.05, 0.1) is 28.3 Å². The number of nitrogens with one attached hydrogen (secondary N) is 2. The molecule has 0 atom stereocenters. The van der Waals surface area contributed by atoms with Gasteiger partial charge < -0.3 is 21.5 Å². The Morgan fingerprint density at radius 2 is 1.08 bits per heavy atom. The first kappa shape index (κ1) is 57.6. The molecule has 0 unspecified atom stereocenters. The number of hydrogen-bond donors (Lipinski definition) is 10. The van der Waals surface area contributed by atoms with Crippen molar-refractivity contribution in [2.75, 3.05) is 28.7 Å². The highest BCUT2D eigenvalue weighted by Crippen LogP contribution is 2.49. The van der Waals surface area contributed by atoms with E-state index in [1.807, 2.05) is 0 Å². The number of halogens is 1. The third-order valence-corrected chi connectivity index (χ3v) is 16.8. The summed E-state index contributed by atoms with van der Waals surface area (Å²) < 4.78 is 235. The van der Waals surface area contributed by atoms with Gasteiger partial charge in [-0.15, -0.1) is 20.5 Å².